The summed E-state index contributed by atoms with van der Waals surface area (Å²) in [6.45, 7) is 4.43. The number of hydrogen-bond donors (Lipinski definition) is 2. The second-order valence-electron chi connectivity index (χ2n) is 5.56. The number of aromatic nitrogens is 2. The SMILES string of the molecule is CC1(C)CCc2nc(NC3CC3)nc(N)c21. The molecule has 4 heteroatoms. The van der Waals surface area contributed by atoms with Gasteiger partial charge in [0.05, 0.1) is 5.69 Å². The highest BCUT2D eigenvalue weighted by molar-refractivity contribution is 5.53. The topological polar surface area (TPSA) is 63.8 Å². The van der Waals surface area contributed by atoms with Crippen LogP contribution in [0.2, 0.25) is 0 Å². The largest absolute Gasteiger partial charge is 0.383 e. The Morgan fingerprint density at radius 3 is 2.75 bits per heavy atom. The van der Waals surface area contributed by atoms with Crippen LogP contribution >= 0.6 is 0 Å². The lowest BCUT2D eigenvalue weighted by Crippen LogP contribution is -2.17. The molecule has 86 valence electrons. The summed E-state index contributed by atoms with van der Waals surface area (Å²) < 4.78 is 0. The van der Waals surface area contributed by atoms with Gasteiger partial charge in [0.2, 0.25) is 5.95 Å². The molecule has 0 aliphatic heterocycles. The monoisotopic (exact) mass is 218 g/mol. The standard InChI is InChI=1S/C12H18N4/c1-12(2)6-5-8-9(12)10(13)16-11(15-8)14-7-3-4-7/h7H,3-6H2,1-2H3,(H3,13,14,15,16). The zero-order valence-electron chi connectivity index (χ0n) is 9.88. The van der Waals surface area contributed by atoms with Crippen LogP contribution in [0.5, 0.6) is 0 Å². The maximum absolute atomic E-state index is 6.05. The molecule has 1 aromatic heterocycles. The second kappa shape index (κ2) is 3.09. The summed E-state index contributed by atoms with van der Waals surface area (Å²) >= 11 is 0. The molecule has 4 nitrogen and oxygen atoms in total. The molecule has 0 spiro atoms. The zero-order chi connectivity index (χ0) is 11.3. The molecule has 1 saturated carbocycles. The Morgan fingerprint density at radius 2 is 2.06 bits per heavy atom. The van der Waals surface area contributed by atoms with Crippen LogP contribution in [0.3, 0.4) is 0 Å². The third kappa shape index (κ3) is 1.52. The van der Waals surface area contributed by atoms with Gasteiger partial charge in [-0.2, -0.15) is 4.98 Å². The van der Waals surface area contributed by atoms with Crippen LogP contribution in [-0.4, -0.2) is 16.0 Å². The van der Waals surface area contributed by atoms with Crippen LogP contribution in [0.1, 0.15) is 44.4 Å². The van der Waals surface area contributed by atoms with Crippen molar-refractivity contribution in [2.24, 2.45) is 0 Å². The average Bonchev–Trinajstić information content (AvgIpc) is 2.92. The second-order valence-corrected chi connectivity index (χ2v) is 5.56. The number of hydrogen-bond acceptors (Lipinski definition) is 4. The van der Waals surface area contributed by atoms with Crippen LogP contribution in [0, 0.1) is 0 Å². The molecule has 3 rings (SSSR count). The first-order valence-electron chi connectivity index (χ1n) is 6.00. The first-order valence-corrected chi connectivity index (χ1v) is 6.00. The lowest BCUT2D eigenvalue weighted by atomic mass is 9.87. The van der Waals surface area contributed by atoms with E-state index in [0.717, 1.165) is 30.0 Å². The van der Waals surface area contributed by atoms with E-state index in [1.54, 1.807) is 0 Å². The minimum atomic E-state index is 0.136. The van der Waals surface area contributed by atoms with Gasteiger partial charge in [-0.05, 0) is 31.1 Å². The Morgan fingerprint density at radius 1 is 1.31 bits per heavy atom. The van der Waals surface area contributed by atoms with Gasteiger partial charge < -0.3 is 11.1 Å². The number of rotatable bonds is 2. The molecule has 1 heterocycles. The third-order valence-corrected chi connectivity index (χ3v) is 3.59. The van der Waals surface area contributed by atoms with Crippen molar-refractivity contribution in [2.75, 3.05) is 11.1 Å². The highest BCUT2D eigenvalue weighted by atomic mass is 15.2. The predicted molar refractivity (Wildman–Crippen MR) is 64.4 cm³/mol. The van der Waals surface area contributed by atoms with Gasteiger partial charge in [0.1, 0.15) is 5.82 Å². The van der Waals surface area contributed by atoms with Crippen molar-refractivity contribution < 1.29 is 0 Å². The number of nitrogen functional groups attached to an aromatic ring is 1. The Balaban J connectivity index is 1.99. The van der Waals surface area contributed by atoms with E-state index in [9.17, 15) is 0 Å². The van der Waals surface area contributed by atoms with Gasteiger partial charge >= 0.3 is 0 Å². The van der Waals surface area contributed by atoms with Crippen LogP contribution in [0.15, 0.2) is 0 Å². The number of nitrogens with zero attached hydrogens (tertiary/aromatic N) is 2. The fourth-order valence-electron chi connectivity index (χ4n) is 2.48. The normalized spacial score (nSPS) is 21.9. The number of fused-ring (bicyclic) bond motifs is 1. The zero-order valence-corrected chi connectivity index (χ0v) is 9.88. The van der Waals surface area contributed by atoms with Crippen molar-refractivity contribution in [3.63, 3.8) is 0 Å². The molecule has 0 amide bonds. The number of anilines is 2. The van der Waals surface area contributed by atoms with Crippen LogP contribution in [-0.2, 0) is 11.8 Å². The van der Waals surface area contributed by atoms with E-state index in [2.05, 4.69) is 29.1 Å². The summed E-state index contributed by atoms with van der Waals surface area (Å²) in [5, 5.41) is 3.31. The Hall–Kier alpha value is -1.32. The molecule has 0 aromatic carbocycles. The maximum Gasteiger partial charge on any atom is 0.225 e. The fraction of sp³-hybridized carbons (Fsp3) is 0.667. The summed E-state index contributed by atoms with van der Waals surface area (Å²) in [6.07, 6.45) is 4.60. The first-order chi connectivity index (χ1) is 7.56. The predicted octanol–water partition coefficient (Wildman–Crippen LogP) is 1.86. The van der Waals surface area contributed by atoms with Gasteiger partial charge in [-0.25, -0.2) is 4.98 Å². The number of aryl methyl sites for hydroxylation is 1. The number of nitrogens with two attached hydrogens (primary N) is 1. The number of nitrogens with one attached hydrogen (secondary N) is 1. The summed E-state index contributed by atoms with van der Waals surface area (Å²) in [7, 11) is 0. The Bertz CT molecular complexity index is 435. The van der Waals surface area contributed by atoms with Crippen LogP contribution in [0.4, 0.5) is 11.8 Å². The van der Waals surface area contributed by atoms with Crippen LogP contribution in [0.25, 0.3) is 0 Å². The minimum absolute atomic E-state index is 0.136. The lowest BCUT2D eigenvalue weighted by molar-refractivity contribution is 0.523. The first kappa shape index (κ1) is 9.87. The Kier molecular flexibility index (Phi) is 1.91. The molecule has 0 radical (unpaired) electrons. The van der Waals surface area contributed by atoms with Gasteiger partial charge in [-0.1, -0.05) is 13.8 Å². The van der Waals surface area contributed by atoms with Crippen molar-refractivity contribution >= 4 is 11.8 Å². The molecule has 2 aliphatic carbocycles. The van der Waals surface area contributed by atoms with Crippen LogP contribution < -0.4 is 11.1 Å². The van der Waals surface area contributed by atoms with Crippen molar-refractivity contribution in [1.82, 2.24) is 9.97 Å². The average molecular weight is 218 g/mol. The minimum Gasteiger partial charge on any atom is -0.383 e. The molecular formula is C12H18N4. The van der Waals surface area contributed by atoms with Gasteiger partial charge in [0, 0.05) is 11.6 Å². The van der Waals surface area contributed by atoms with Crippen molar-refractivity contribution in [2.45, 2.75) is 51.0 Å². The van der Waals surface area contributed by atoms with Crippen molar-refractivity contribution in [3.05, 3.63) is 11.3 Å². The van der Waals surface area contributed by atoms with Gasteiger partial charge in [-0.3, -0.25) is 0 Å². The molecule has 0 saturated heterocycles. The molecule has 0 unspecified atom stereocenters. The van der Waals surface area contributed by atoms with Gasteiger partial charge in [0.15, 0.2) is 0 Å². The smallest absolute Gasteiger partial charge is 0.225 e. The Labute approximate surface area is 95.7 Å². The molecule has 1 fully saturated rings. The summed E-state index contributed by atoms with van der Waals surface area (Å²) in [6, 6.07) is 0.576. The van der Waals surface area contributed by atoms with E-state index < -0.39 is 0 Å². The maximum atomic E-state index is 6.05. The van der Waals surface area contributed by atoms with Gasteiger partial charge in [-0.15, -0.1) is 0 Å². The molecular weight excluding hydrogens is 200 g/mol. The van der Waals surface area contributed by atoms with E-state index in [4.69, 9.17) is 5.73 Å². The molecule has 1 aromatic rings. The molecule has 0 bridgehead atoms. The van der Waals surface area contributed by atoms with E-state index in [-0.39, 0.29) is 5.41 Å². The quantitative estimate of drug-likeness (QED) is 0.795. The summed E-state index contributed by atoms with van der Waals surface area (Å²) in [5.74, 6) is 1.38. The van der Waals surface area contributed by atoms with Crippen molar-refractivity contribution in [3.8, 4) is 0 Å². The highest BCUT2D eigenvalue weighted by Crippen LogP contribution is 2.40. The van der Waals surface area contributed by atoms with Crippen molar-refractivity contribution in [1.29, 1.82) is 0 Å². The lowest BCUT2D eigenvalue weighted by Gasteiger charge is -2.19. The molecule has 0 atom stereocenters. The molecule has 3 N–H and O–H groups in total. The summed E-state index contributed by atoms with van der Waals surface area (Å²) in [5.41, 5.74) is 8.49. The van der Waals surface area contributed by atoms with E-state index in [0.29, 0.717) is 11.9 Å². The van der Waals surface area contributed by atoms with Gasteiger partial charge in [0.25, 0.3) is 0 Å². The third-order valence-electron chi connectivity index (χ3n) is 3.59. The summed E-state index contributed by atoms with van der Waals surface area (Å²) in [4.78, 5) is 8.96. The van der Waals surface area contributed by atoms with E-state index >= 15 is 0 Å². The van der Waals surface area contributed by atoms with E-state index in [1.807, 2.05) is 0 Å². The highest BCUT2D eigenvalue weighted by Gasteiger charge is 2.34. The molecule has 2 aliphatic rings. The molecule has 16 heavy (non-hydrogen) atoms. The van der Waals surface area contributed by atoms with E-state index in [1.165, 1.54) is 12.8 Å². The fourth-order valence-corrected chi connectivity index (χ4v) is 2.48.